The molecule has 0 radical (unpaired) electrons. The first kappa shape index (κ1) is 19.3. The topological polar surface area (TPSA) is 88.0 Å². The fourth-order valence-corrected chi connectivity index (χ4v) is 5.23. The fourth-order valence-electron chi connectivity index (χ4n) is 3.48. The van der Waals surface area contributed by atoms with Crippen LogP contribution in [-0.2, 0) is 22.0 Å². The third-order valence-electron chi connectivity index (χ3n) is 5.03. The van der Waals surface area contributed by atoms with Crippen molar-refractivity contribution in [2.24, 2.45) is 7.05 Å². The van der Waals surface area contributed by atoms with Crippen LogP contribution in [0.5, 0.6) is 0 Å². The van der Waals surface area contributed by atoms with E-state index in [-0.39, 0.29) is 18.1 Å². The molecule has 26 heavy (non-hydrogen) atoms. The molecule has 2 saturated heterocycles. The van der Waals surface area contributed by atoms with Crippen molar-refractivity contribution in [3.05, 3.63) is 17.5 Å². The van der Waals surface area contributed by atoms with Crippen LogP contribution in [0.3, 0.4) is 0 Å². The van der Waals surface area contributed by atoms with Gasteiger partial charge in [-0.05, 0) is 20.8 Å². The van der Waals surface area contributed by atoms with E-state index in [1.54, 1.807) is 22.8 Å². The predicted octanol–water partition coefficient (Wildman–Crippen LogP) is -0.160. The first-order valence-electron chi connectivity index (χ1n) is 8.88. The van der Waals surface area contributed by atoms with Gasteiger partial charge in [0.15, 0.2) is 0 Å². The second-order valence-electron chi connectivity index (χ2n) is 7.04. The van der Waals surface area contributed by atoms with Gasteiger partial charge in [-0.1, -0.05) is 0 Å². The molecule has 0 saturated carbocycles. The van der Waals surface area contributed by atoms with E-state index in [4.69, 9.17) is 4.74 Å². The van der Waals surface area contributed by atoms with Crippen LogP contribution < -0.4 is 0 Å². The smallest absolute Gasteiger partial charge is 0.282 e. The molecule has 0 spiro atoms. The molecular weight excluding hydrogens is 358 g/mol. The van der Waals surface area contributed by atoms with Gasteiger partial charge in [-0.3, -0.25) is 9.48 Å². The third-order valence-corrected chi connectivity index (χ3v) is 7.00. The summed E-state index contributed by atoms with van der Waals surface area (Å²) in [6.07, 6.45) is 1.33. The molecule has 1 amide bonds. The van der Waals surface area contributed by atoms with E-state index in [9.17, 15) is 13.2 Å². The SMILES string of the molecule is Cc1c(C(=O)N2CCN(S(=O)(=O)N3C[C@@H](C)O[C@@H](C)C3)CC2)cnn1C. The summed E-state index contributed by atoms with van der Waals surface area (Å²) in [5.74, 6) is -0.0961. The number of piperazine rings is 1. The molecule has 0 N–H and O–H groups in total. The Hall–Kier alpha value is -1.49. The number of carbonyl (C=O) groups excluding carboxylic acids is 1. The van der Waals surface area contributed by atoms with Crippen molar-refractivity contribution < 1.29 is 17.9 Å². The van der Waals surface area contributed by atoms with Crippen LogP contribution in [0.4, 0.5) is 0 Å². The van der Waals surface area contributed by atoms with Crippen LogP contribution in [0, 0.1) is 6.92 Å². The van der Waals surface area contributed by atoms with E-state index < -0.39 is 10.2 Å². The lowest BCUT2D eigenvalue weighted by Gasteiger charge is -2.40. The van der Waals surface area contributed by atoms with Crippen LogP contribution in [-0.4, -0.2) is 89.1 Å². The number of hydrogen-bond donors (Lipinski definition) is 0. The summed E-state index contributed by atoms with van der Waals surface area (Å²) in [6.45, 7) is 7.68. The van der Waals surface area contributed by atoms with Crippen LogP contribution in [0.2, 0.25) is 0 Å². The molecule has 0 unspecified atom stereocenters. The molecule has 1 aromatic heterocycles. The van der Waals surface area contributed by atoms with E-state index >= 15 is 0 Å². The highest BCUT2D eigenvalue weighted by Crippen LogP contribution is 2.20. The van der Waals surface area contributed by atoms with Crippen molar-refractivity contribution in [2.45, 2.75) is 33.0 Å². The van der Waals surface area contributed by atoms with Gasteiger partial charge in [0.2, 0.25) is 0 Å². The van der Waals surface area contributed by atoms with E-state index in [1.807, 2.05) is 20.8 Å². The lowest BCUT2D eigenvalue weighted by atomic mass is 10.2. The largest absolute Gasteiger partial charge is 0.373 e. The van der Waals surface area contributed by atoms with Crippen LogP contribution >= 0.6 is 0 Å². The highest BCUT2D eigenvalue weighted by Gasteiger charge is 2.37. The standard InChI is InChI=1S/C16H27N5O4S/c1-12-10-21(11-13(2)25-12)26(23,24)20-7-5-19(6-8-20)16(22)15-9-17-18(4)14(15)3/h9,12-13H,5-8,10-11H2,1-4H3/t12-,13+. The molecular formula is C16H27N5O4S. The summed E-state index contributed by atoms with van der Waals surface area (Å²) >= 11 is 0. The number of aromatic nitrogens is 2. The molecule has 2 atom stereocenters. The lowest BCUT2D eigenvalue weighted by Crippen LogP contribution is -2.57. The summed E-state index contributed by atoms with van der Waals surface area (Å²) in [4.78, 5) is 14.4. The Morgan fingerprint density at radius 3 is 2.19 bits per heavy atom. The maximum atomic E-state index is 12.9. The van der Waals surface area contributed by atoms with Crippen molar-refractivity contribution in [1.82, 2.24) is 23.3 Å². The van der Waals surface area contributed by atoms with E-state index in [0.717, 1.165) is 5.69 Å². The van der Waals surface area contributed by atoms with E-state index in [0.29, 0.717) is 44.8 Å². The first-order valence-corrected chi connectivity index (χ1v) is 10.3. The second kappa shape index (κ2) is 7.26. The van der Waals surface area contributed by atoms with Gasteiger partial charge in [0.05, 0.1) is 24.0 Å². The molecule has 2 aliphatic rings. The Bertz CT molecular complexity index is 760. The normalized spacial score (nSPS) is 26.2. The molecule has 0 aromatic carbocycles. The minimum atomic E-state index is -3.54. The van der Waals surface area contributed by atoms with E-state index in [1.165, 1.54) is 8.61 Å². The minimum absolute atomic E-state index is 0.0961. The van der Waals surface area contributed by atoms with Gasteiger partial charge in [0.25, 0.3) is 16.1 Å². The zero-order chi connectivity index (χ0) is 19.1. The number of hydrogen-bond acceptors (Lipinski definition) is 5. The molecule has 2 fully saturated rings. The molecule has 3 heterocycles. The molecule has 3 rings (SSSR count). The Labute approximate surface area is 154 Å². The van der Waals surface area contributed by atoms with Crippen LogP contribution in [0.1, 0.15) is 29.9 Å². The predicted molar refractivity (Wildman–Crippen MR) is 95.9 cm³/mol. The van der Waals surface area contributed by atoms with Gasteiger partial charge in [0, 0.05) is 52.0 Å². The molecule has 9 nitrogen and oxygen atoms in total. The van der Waals surface area contributed by atoms with Gasteiger partial charge >= 0.3 is 0 Å². The van der Waals surface area contributed by atoms with Gasteiger partial charge in [0.1, 0.15) is 0 Å². The summed E-state index contributed by atoms with van der Waals surface area (Å²) in [5, 5.41) is 4.11. The van der Waals surface area contributed by atoms with Gasteiger partial charge in [-0.15, -0.1) is 0 Å². The molecule has 2 aliphatic heterocycles. The number of nitrogens with zero attached hydrogens (tertiary/aromatic N) is 5. The second-order valence-corrected chi connectivity index (χ2v) is 8.97. The van der Waals surface area contributed by atoms with Gasteiger partial charge in [-0.2, -0.15) is 22.1 Å². The summed E-state index contributed by atoms with van der Waals surface area (Å²) in [5.41, 5.74) is 1.38. The molecule has 10 heteroatoms. The fraction of sp³-hybridized carbons (Fsp3) is 0.750. The van der Waals surface area contributed by atoms with Crippen molar-refractivity contribution in [1.29, 1.82) is 0 Å². The van der Waals surface area contributed by atoms with Crippen molar-refractivity contribution in [3.63, 3.8) is 0 Å². The highest BCUT2D eigenvalue weighted by molar-refractivity contribution is 7.86. The molecule has 1 aromatic rings. The summed E-state index contributed by atoms with van der Waals surface area (Å²) < 4.78 is 36.1. The summed E-state index contributed by atoms with van der Waals surface area (Å²) in [7, 11) is -1.74. The number of rotatable bonds is 3. The number of ether oxygens (including phenoxy) is 1. The zero-order valence-electron chi connectivity index (χ0n) is 15.8. The Morgan fingerprint density at radius 2 is 1.69 bits per heavy atom. The Morgan fingerprint density at radius 1 is 1.12 bits per heavy atom. The monoisotopic (exact) mass is 385 g/mol. The zero-order valence-corrected chi connectivity index (χ0v) is 16.6. The molecule has 0 bridgehead atoms. The van der Waals surface area contributed by atoms with Crippen molar-refractivity contribution in [3.8, 4) is 0 Å². The number of amides is 1. The number of aryl methyl sites for hydroxylation is 1. The van der Waals surface area contributed by atoms with Crippen LogP contribution in [0.15, 0.2) is 6.20 Å². The Kier molecular flexibility index (Phi) is 5.38. The highest BCUT2D eigenvalue weighted by atomic mass is 32.2. The van der Waals surface area contributed by atoms with Crippen LogP contribution in [0.25, 0.3) is 0 Å². The average Bonchev–Trinajstić information content (AvgIpc) is 2.93. The summed E-state index contributed by atoms with van der Waals surface area (Å²) in [6, 6.07) is 0. The van der Waals surface area contributed by atoms with Crippen molar-refractivity contribution >= 4 is 16.1 Å². The quantitative estimate of drug-likeness (QED) is 0.722. The van der Waals surface area contributed by atoms with Gasteiger partial charge < -0.3 is 9.64 Å². The molecule has 146 valence electrons. The average molecular weight is 385 g/mol. The van der Waals surface area contributed by atoms with Crippen molar-refractivity contribution in [2.75, 3.05) is 39.3 Å². The van der Waals surface area contributed by atoms with E-state index in [2.05, 4.69) is 5.10 Å². The molecule has 0 aliphatic carbocycles. The third kappa shape index (κ3) is 3.64. The minimum Gasteiger partial charge on any atom is -0.373 e. The number of carbonyl (C=O) groups is 1. The van der Waals surface area contributed by atoms with Gasteiger partial charge in [-0.25, -0.2) is 0 Å². The first-order chi connectivity index (χ1) is 12.2. The maximum Gasteiger partial charge on any atom is 0.282 e. The lowest BCUT2D eigenvalue weighted by molar-refractivity contribution is -0.0457. The Balaban J connectivity index is 1.64. The number of morpholine rings is 1. The maximum absolute atomic E-state index is 12.9.